The van der Waals surface area contributed by atoms with Gasteiger partial charge in [-0.15, -0.1) is 10.2 Å². The van der Waals surface area contributed by atoms with Crippen molar-refractivity contribution in [3.8, 4) is 0 Å². The molecule has 8 heteroatoms. The Labute approximate surface area is 119 Å². The van der Waals surface area contributed by atoms with Gasteiger partial charge in [-0.25, -0.2) is 9.97 Å². The second kappa shape index (κ2) is 6.03. The minimum Gasteiger partial charge on any atom is -0.295 e. The topological polar surface area (TPSA) is 80.7 Å². The van der Waals surface area contributed by atoms with Crippen molar-refractivity contribution in [2.45, 2.75) is 20.3 Å². The molecule has 100 valence electrons. The fourth-order valence-corrected chi connectivity index (χ4v) is 2.37. The van der Waals surface area contributed by atoms with Crippen LogP contribution in [0.3, 0.4) is 0 Å². The van der Waals surface area contributed by atoms with Gasteiger partial charge in [0.1, 0.15) is 15.9 Å². The van der Waals surface area contributed by atoms with Crippen LogP contribution in [0.25, 0.3) is 0 Å². The Morgan fingerprint density at radius 2 is 2.16 bits per heavy atom. The number of carbonyl (C=O) groups excluding carboxylic acids is 1. The average molecular weight is 298 g/mol. The highest BCUT2D eigenvalue weighted by molar-refractivity contribution is 7.15. The smallest absolute Gasteiger partial charge is 0.277 e. The molecule has 0 fully saturated rings. The molecule has 1 N–H and O–H groups in total. The molecule has 0 aliphatic rings. The van der Waals surface area contributed by atoms with E-state index in [0.29, 0.717) is 11.0 Å². The summed E-state index contributed by atoms with van der Waals surface area (Å²) in [5, 5.41) is 12.2. The van der Waals surface area contributed by atoms with E-state index in [2.05, 4.69) is 39.3 Å². The molecule has 1 amide bonds. The Bertz CT molecular complexity index is 569. The van der Waals surface area contributed by atoms with E-state index in [0.717, 1.165) is 11.4 Å². The van der Waals surface area contributed by atoms with Gasteiger partial charge in [-0.05, 0) is 5.92 Å². The van der Waals surface area contributed by atoms with Crippen LogP contribution < -0.4 is 5.32 Å². The lowest BCUT2D eigenvalue weighted by molar-refractivity contribution is 0.102. The van der Waals surface area contributed by atoms with Crippen molar-refractivity contribution in [3.05, 3.63) is 28.2 Å². The van der Waals surface area contributed by atoms with Gasteiger partial charge in [-0.3, -0.25) is 10.1 Å². The fourth-order valence-electron chi connectivity index (χ4n) is 1.33. The summed E-state index contributed by atoms with van der Waals surface area (Å²) in [7, 11) is 0. The Balaban J connectivity index is 2.02. The minimum atomic E-state index is -0.378. The van der Waals surface area contributed by atoms with Crippen LogP contribution in [-0.2, 0) is 6.42 Å². The molecular weight excluding hydrogens is 286 g/mol. The van der Waals surface area contributed by atoms with Crippen LogP contribution in [0, 0.1) is 5.92 Å². The molecule has 2 aromatic rings. The van der Waals surface area contributed by atoms with Crippen molar-refractivity contribution in [3.63, 3.8) is 0 Å². The van der Waals surface area contributed by atoms with Gasteiger partial charge in [0.2, 0.25) is 5.13 Å². The Morgan fingerprint density at radius 3 is 2.79 bits per heavy atom. The van der Waals surface area contributed by atoms with E-state index in [-0.39, 0.29) is 16.8 Å². The highest BCUT2D eigenvalue weighted by atomic mass is 35.5. The van der Waals surface area contributed by atoms with Gasteiger partial charge in [0.15, 0.2) is 0 Å². The maximum absolute atomic E-state index is 11.8. The van der Waals surface area contributed by atoms with E-state index >= 15 is 0 Å². The molecule has 0 spiro atoms. The highest BCUT2D eigenvalue weighted by Gasteiger charge is 2.12. The first-order chi connectivity index (χ1) is 9.04. The van der Waals surface area contributed by atoms with Crippen LogP contribution in [0.15, 0.2) is 12.4 Å². The number of amides is 1. The summed E-state index contributed by atoms with van der Waals surface area (Å²) in [6.45, 7) is 4.20. The van der Waals surface area contributed by atoms with Gasteiger partial charge in [-0.1, -0.05) is 36.8 Å². The third-order valence-corrected chi connectivity index (χ3v) is 3.18. The van der Waals surface area contributed by atoms with E-state index in [4.69, 9.17) is 11.6 Å². The van der Waals surface area contributed by atoms with E-state index in [1.807, 2.05) is 0 Å². The van der Waals surface area contributed by atoms with Crippen molar-refractivity contribution in [2.24, 2.45) is 5.92 Å². The summed E-state index contributed by atoms with van der Waals surface area (Å²) < 4.78 is 0. The Hall–Kier alpha value is -1.60. The summed E-state index contributed by atoms with van der Waals surface area (Å²) in [4.78, 5) is 19.5. The molecule has 0 aliphatic heterocycles. The van der Waals surface area contributed by atoms with Crippen LogP contribution in [0.4, 0.5) is 5.13 Å². The number of hydrogen-bond donors (Lipinski definition) is 1. The SMILES string of the molecule is CC(C)Cc1nnc(NC(=O)c2cnc(Cl)cn2)s1. The molecule has 0 radical (unpaired) electrons. The quantitative estimate of drug-likeness (QED) is 0.937. The van der Waals surface area contributed by atoms with E-state index in [9.17, 15) is 4.79 Å². The number of nitrogens with one attached hydrogen (secondary N) is 1. The van der Waals surface area contributed by atoms with Crippen molar-refractivity contribution in [1.29, 1.82) is 0 Å². The van der Waals surface area contributed by atoms with E-state index in [1.165, 1.54) is 23.7 Å². The first kappa shape index (κ1) is 13.8. The molecule has 0 aliphatic carbocycles. The first-order valence-electron chi connectivity index (χ1n) is 5.66. The zero-order valence-corrected chi connectivity index (χ0v) is 12.0. The van der Waals surface area contributed by atoms with Gasteiger partial charge >= 0.3 is 0 Å². The predicted molar refractivity (Wildman–Crippen MR) is 73.4 cm³/mol. The number of nitrogens with zero attached hydrogens (tertiary/aromatic N) is 4. The average Bonchev–Trinajstić information content (AvgIpc) is 2.76. The third-order valence-electron chi connectivity index (χ3n) is 2.12. The van der Waals surface area contributed by atoms with Gasteiger partial charge in [0.05, 0.1) is 12.4 Å². The van der Waals surface area contributed by atoms with Crippen molar-refractivity contribution >= 4 is 34.0 Å². The maximum atomic E-state index is 11.8. The zero-order valence-electron chi connectivity index (χ0n) is 10.4. The molecule has 0 atom stereocenters. The minimum absolute atomic E-state index is 0.185. The summed E-state index contributed by atoms with van der Waals surface area (Å²) in [5.41, 5.74) is 0.185. The molecule has 2 heterocycles. The molecule has 0 saturated carbocycles. The first-order valence-corrected chi connectivity index (χ1v) is 6.85. The number of aromatic nitrogens is 4. The standard InChI is InChI=1S/C11H12ClN5OS/c1-6(2)3-9-16-17-11(19-9)15-10(18)7-4-14-8(12)5-13-7/h4-6H,3H2,1-2H3,(H,15,17,18). The zero-order chi connectivity index (χ0) is 13.8. The third kappa shape index (κ3) is 3.93. The van der Waals surface area contributed by atoms with Gasteiger partial charge in [0.25, 0.3) is 5.91 Å². The summed E-state index contributed by atoms with van der Waals surface area (Å²) in [6, 6.07) is 0. The monoisotopic (exact) mass is 297 g/mol. The number of rotatable bonds is 4. The van der Waals surface area contributed by atoms with Crippen molar-refractivity contribution in [1.82, 2.24) is 20.2 Å². The van der Waals surface area contributed by atoms with E-state index < -0.39 is 0 Å². The second-order valence-electron chi connectivity index (χ2n) is 4.28. The largest absolute Gasteiger partial charge is 0.295 e. The van der Waals surface area contributed by atoms with Gasteiger partial charge in [0, 0.05) is 6.42 Å². The number of carbonyl (C=O) groups is 1. The fraction of sp³-hybridized carbons (Fsp3) is 0.364. The lowest BCUT2D eigenvalue weighted by Crippen LogP contribution is -2.13. The molecule has 6 nitrogen and oxygen atoms in total. The molecule has 2 aromatic heterocycles. The van der Waals surface area contributed by atoms with Gasteiger partial charge in [-0.2, -0.15) is 0 Å². The van der Waals surface area contributed by atoms with Gasteiger partial charge < -0.3 is 0 Å². The Kier molecular flexibility index (Phi) is 4.39. The number of halogens is 1. The van der Waals surface area contributed by atoms with Crippen LogP contribution >= 0.6 is 22.9 Å². The van der Waals surface area contributed by atoms with Crippen molar-refractivity contribution in [2.75, 3.05) is 5.32 Å². The number of hydrogen-bond acceptors (Lipinski definition) is 6. The molecular formula is C11H12ClN5OS. The van der Waals surface area contributed by atoms with Crippen LogP contribution in [0.2, 0.25) is 5.15 Å². The molecule has 19 heavy (non-hydrogen) atoms. The van der Waals surface area contributed by atoms with Crippen molar-refractivity contribution < 1.29 is 4.79 Å². The maximum Gasteiger partial charge on any atom is 0.277 e. The lowest BCUT2D eigenvalue weighted by atomic mass is 10.1. The van der Waals surface area contributed by atoms with E-state index in [1.54, 1.807) is 0 Å². The van der Waals surface area contributed by atoms with Crippen LogP contribution in [-0.4, -0.2) is 26.1 Å². The second-order valence-corrected chi connectivity index (χ2v) is 5.73. The summed E-state index contributed by atoms with van der Waals surface area (Å²) >= 11 is 6.96. The predicted octanol–water partition coefficient (Wildman–Crippen LogP) is 2.43. The van der Waals surface area contributed by atoms with Crippen LogP contribution in [0.1, 0.15) is 29.3 Å². The summed E-state index contributed by atoms with van der Waals surface area (Å²) in [5.74, 6) is 0.120. The lowest BCUT2D eigenvalue weighted by Gasteiger charge is -1.99. The summed E-state index contributed by atoms with van der Waals surface area (Å²) in [6.07, 6.45) is 3.47. The normalized spacial score (nSPS) is 10.7. The Morgan fingerprint density at radius 1 is 1.37 bits per heavy atom. The highest BCUT2D eigenvalue weighted by Crippen LogP contribution is 2.18. The van der Waals surface area contributed by atoms with Crippen LogP contribution in [0.5, 0.6) is 0 Å². The molecule has 0 unspecified atom stereocenters. The molecule has 0 aromatic carbocycles. The molecule has 2 rings (SSSR count). The molecule has 0 bridgehead atoms. The number of anilines is 1. The molecule has 0 saturated heterocycles.